The van der Waals surface area contributed by atoms with Gasteiger partial charge >= 0.3 is 5.97 Å². The lowest BCUT2D eigenvalue weighted by molar-refractivity contribution is -0.144. The average Bonchev–Trinajstić information content (AvgIpc) is 2.88. The summed E-state index contributed by atoms with van der Waals surface area (Å²) < 4.78 is 10.5. The van der Waals surface area contributed by atoms with Crippen LogP contribution in [0.3, 0.4) is 0 Å². The van der Waals surface area contributed by atoms with Gasteiger partial charge in [-0.25, -0.2) is 0 Å². The van der Waals surface area contributed by atoms with Gasteiger partial charge in [0.1, 0.15) is 19.0 Å². The van der Waals surface area contributed by atoms with Crippen LogP contribution in [0.25, 0.3) is 0 Å². The molecule has 0 bridgehead atoms. The monoisotopic (exact) mass is 387 g/mol. The Hall–Kier alpha value is -2.86. The molecule has 6 nitrogen and oxygen atoms in total. The molecule has 0 atom stereocenters. The molecule has 1 aliphatic heterocycles. The molecule has 2 aromatic rings. The molecule has 0 aliphatic carbocycles. The third kappa shape index (κ3) is 4.28. The normalized spacial score (nSPS) is 12.9. The van der Waals surface area contributed by atoms with E-state index in [1.165, 1.54) is 0 Å². The number of nitrogens with zero attached hydrogens (tertiary/aromatic N) is 1. The fourth-order valence-electron chi connectivity index (χ4n) is 2.75. The van der Waals surface area contributed by atoms with Crippen molar-refractivity contribution in [3.05, 3.63) is 64.2 Å². The molecule has 0 N–H and O–H groups in total. The summed E-state index contributed by atoms with van der Waals surface area (Å²) in [7, 11) is 0. The van der Waals surface area contributed by atoms with Gasteiger partial charge in [0.25, 0.3) is 11.8 Å². The van der Waals surface area contributed by atoms with Crippen molar-refractivity contribution >= 4 is 29.4 Å². The third-order valence-corrected chi connectivity index (χ3v) is 4.42. The first-order valence-electron chi connectivity index (χ1n) is 8.47. The van der Waals surface area contributed by atoms with Gasteiger partial charge in [-0.3, -0.25) is 19.3 Å². The smallest absolute Gasteiger partial charge is 0.307 e. The zero-order valence-corrected chi connectivity index (χ0v) is 15.5. The van der Waals surface area contributed by atoms with Crippen molar-refractivity contribution in [2.45, 2.75) is 13.3 Å². The minimum absolute atomic E-state index is 0.0183. The first kappa shape index (κ1) is 18.9. The van der Waals surface area contributed by atoms with Gasteiger partial charge in [-0.2, -0.15) is 0 Å². The van der Waals surface area contributed by atoms with Crippen molar-refractivity contribution in [3.63, 3.8) is 0 Å². The summed E-state index contributed by atoms with van der Waals surface area (Å²) in [6.45, 7) is 2.03. The third-order valence-electron chi connectivity index (χ3n) is 4.11. The SMILES string of the molecule is Cc1ccc2c(c1)C(=O)N(CCC(=O)OCCOc1ccccc1Cl)C2=O. The Morgan fingerprint density at radius 1 is 1.04 bits per heavy atom. The fraction of sp³-hybridized carbons (Fsp3) is 0.250. The highest BCUT2D eigenvalue weighted by molar-refractivity contribution is 6.32. The van der Waals surface area contributed by atoms with E-state index in [4.69, 9.17) is 21.1 Å². The molecule has 0 saturated carbocycles. The van der Waals surface area contributed by atoms with Crippen LogP contribution in [0.4, 0.5) is 0 Å². The minimum Gasteiger partial charge on any atom is -0.488 e. The average molecular weight is 388 g/mol. The van der Waals surface area contributed by atoms with Crippen LogP contribution in [-0.4, -0.2) is 42.4 Å². The summed E-state index contributed by atoms with van der Waals surface area (Å²) >= 11 is 5.96. The van der Waals surface area contributed by atoms with Crippen LogP contribution in [0.5, 0.6) is 5.75 Å². The maximum atomic E-state index is 12.3. The number of halogens is 1. The number of aryl methyl sites for hydroxylation is 1. The molecule has 0 saturated heterocycles. The Kier molecular flexibility index (Phi) is 5.76. The highest BCUT2D eigenvalue weighted by Gasteiger charge is 2.35. The number of para-hydroxylation sites is 1. The van der Waals surface area contributed by atoms with Crippen LogP contribution in [0.1, 0.15) is 32.7 Å². The molecule has 27 heavy (non-hydrogen) atoms. The van der Waals surface area contributed by atoms with Crippen molar-refractivity contribution in [2.24, 2.45) is 0 Å². The zero-order chi connectivity index (χ0) is 19.4. The van der Waals surface area contributed by atoms with E-state index in [2.05, 4.69) is 0 Å². The first-order chi connectivity index (χ1) is 13.0. The largest absolute Gasteiger partial charge is 0.488 e. The summed E-state index contributed by atoms with van der Waals surface area (Å²) in [5, 5.41) is 0.477. The standard InChI is InChI=1S/C20H18ClNO5/c1-13-6-7-14-15(12-13)20(25)22(19(14)24)9-8-18(23)27-11-10-26-17-5-3-2-4-16(17)21/h2-7,12H,8-11H2,1H3. The Labute approximate surface area is 161 Å². The van der Waals surface area contributed by atoms with Gasteiger partial charge in [0, 0.05) is 6.54 Å². The molecule has 2 aromatic carbocycles. The molecule has 2 amide bonds. The highest BCUT2D eigenvalue weighted by atomic mass is 35.5. The molecule has 0 spiro atoms. The molecule has 0 radical (unpaired) electrons. The summed E-state index contributed by atoms with van der Waals surface area (Å²) in [6.07, 6.45) is -0.0729. The van der Waals surface area contributed by atoms with E-state index in [1.54, 1.807) is 42.5 Å². The fourth-order valence-corrected chi connectivity index (χ4v) is 2.94. The molecule has 1 heterocycles. The molecular formula is C20H18ClNO5. The zero-order valence-electron chi connectivity index (χ0n) is 14.7. The summed E-state index contributed by atoms with van der Waals surface area (Å²) in [5.41, 5.74) is 1.64. The second kappa shape index (κ2) is 8.22. The lowest BCUT2D eigenvalue weighted by Gasteiger charge is -2.13. The van der Waals surface area contributed by atoms with Crippen molar-refractivity contribution in [2.75, 3.05) is 19.8 Å². The van der Waals surface area contributed by atoms with Gasteiger partial charge < -0.3 is 9.47 Å². The van der Waals surface area contributed by atoms with Crippen LogP contribution >= 0.6 is 11.6 Å². The molecule has 1 aliphatic rings. The second-order valence-corrected chi connectivity index (χ2v) is 6.47. The second-order valence-electron chi connectivity index (χ2n) is 6.06. The Bertz CT molecular complexity index is 896. The lowest BCUT2D eigenvalue weighted by atomic mass is 10.1. The Morgan fingerprint density at radius 2 is 1.78 bits per heavy atom. The van der Waals surface area contributed by atoms with Gasteiger partial charge in [0.05, 0.1) is 22.6 Å². The van der Waals surface area contributed by atoms with E-state index in [9.17, 15) is 14.4 Å². The first-order valence-corrected chi connectivity index (χ1v) is 8.85. The Morgan fingerprint density at radius 3 is 2.56 bits per heavy atom. The molecule has 0 fully saturated rings. The number of hydrogen-bond acceptors (Lipinski definition) is 5. The molecule has 0 aromatic heterocycles. The van der Waals surface area contributed by atoms with Crippen molar-refractivity contribution in [3.8, 4) is 5.75 Å². The number of hydrogen-bond donors (Lipinski definition) is 0. The number of carbonyl (C=O) groups excluding carboxylic acids is 3. The van der Waals surface area contributed by atoms with Crippen LogP contribution in [0, 0.1) is 6.92 Å². The number of rotatable bonds is 7. The minimum atomic E-state index is -0.509. The number of benzene rings is 2. The number of carbonyl (C=O) groups is 3. The number of amides is 2. The van der Waals surface area contributed by atoms with Crippen molar-refractivity contribution in [1.29, 1.82) is 0 Å². The van der Waals surface area contributed by atoms with Crippen LogP contribution in [0.15, 0.2) is 42.5 Å². The maximum absolute atomic E-state index is 12.3. The summed E-state index contributed by atoms with van der Waals surface area (Å²) in [5.74, 6) is -0.763. The number of ether oxygens (including phenoxy) is 2. The Balaban J connectivity index is 1.44. The maximum Gasteiger partial charge on any atom is 0.307 e. The van der Waals surface area contributed by atoms with E-state index in [1.807, 2.05) is 6.92 Å². The highest BCUT2D eigenvalue weighted by Crippen LogP contribution is 2.24. The van der Waals surface area contributed by atoms with E-state index in [0.29, 0.717) is 21.9 Å². The predicted octanol–water partition coefficient (Wildman–Crippen LogP) is 3.26. The van der Waals surface area contributed by atoms with Gasteiger partial charge in [-0.15, -0.1) is 0 Å². The van der Waals surface area contributed by atoms with Crippen LogP contribution in [-0.2, 0) is 9.53 Å². The van der Waals surface area contributed by atoms with E-state index in [-0.39, 0.29) is 38.0 Å². The van der Waals surface area contributed by atoms with Crippen molar-refractivity contribution in [1.82, 2.24) is 4.90 Å². The van der Waals surface area contributed by atoms with Crippen LogP contribution < -0.4 is 4.74 Å². The van der Waals surface area contributed by atoms with Gasteiger partial charge in [0.2, 0.25) is 0 Å². The molecule has 7 heteroatoms. The number of fused-ring (bicyclic) bond motifs is 1. The summed E-state index contributed by atoms with van der Waals surface area (Å²) in [6, 6.07) is 12.1. The topological polar surface area (TPSA) is 72.9 Å². The summed E-state index contributed by atoms with van der Waals surface area (Å²) in [4.78, 5) is 37.6. The van der Waals surface area contributed by atoms with E-state index < -0.39 is 5.97 Å². The predicted molar refractivity (Wildman–Crippen MR) is 99.1 cm³/mol. The van der Waals surface area contributed by atoms with Gasteiger partial charge in [-0.1, -0.05) is 35.4 Å². The van der Waals surface area contributed by atoms with Gasteiger partial charge in [-0.05, 0) is 31.2 Å². The quantitative estimate of drug-likeness (QED) is 0.414. The molecule has 0 unspecified atom stereocenters. The molecule has 3 rings (SSSR count). The lowest BCUT2D eigenvalue weighted by Crippen LogP contribution is -2.32. The van der Waals surface area contributed by atoms with E-state index in [0.717, 1.165) is 10.5 Å². The van der Waals surface area contributed by atoms with E-state index >= 15 is 0 Å². The van der Waals surface area contributed by atoms with Crippen molar-refractivity contribution < 1.29 is 23.9 Å². The molecule has 140 valence electrons. The number of esters is 1. The molecular weight excluding hydrogens is 370 g/mol. The number of imide groups is 1. The van der Waals surface area contributed by atoms with Crippen LogP contribution in [0.2, 0.25) is 5.02 Å². The van der Waals surface area contributed by atoms with Gasteiger partial charge in [0.15, 0.2) is 0 Å².